The number of aromatic nitrogens is 3. The van der Waals surface area contributed by atoms with Gasteiger partial charge in [0.2, 0.25) is 11.7 Å². The number of alkyl halides is 3. The molecule has 1 amide bonds. The first-order chi connectivity index (χ1) is 12.8. The molecule has 0 aliphatic carbocycles. The SMILES string of the molecule is CCOc1ccccc1NC(=O)C(C)N1CCn2c(nnc2C(F)(F)F)C1. The summed E-state index contributed by atoms with van der Waals surface area (Å²) in [6, 6.07) is 6.52. The summed E-state index contributed by atoms with van der Waals surface area (Å²) in [6.45, 7) is 4.49. The summed E-state index contributed by atoms with van der Waals surface area (Å²) >= 11 is 0. The number of para-hydroxylation sites is 2. The van der Waals surface area contributed by atoms with Crippen LogP contribution in [0.2, 0.25) is 0 Å². The molecule has 1 aliphatic rings. The van der Waals surface area contributed by atoms with E-state index in [9.17, 15) is 18.0 Å². The van der Waals surface area contributed by atoms with Gasteiger partial charge < -0.3 is 14.6 Å². The molecule has 1 aliphatic heterocycles. The van der Waals surface area contributed by atoms with E-state index in [-0.39, 0.29) is 31.4 Å². The summed E-state index contributed by atoms with van der Waals surface area (Å²) in [5, 5.41) is 9.71. The summed E-state index contributed by atoms with van der Waals surface area (Å²) in [6.07, 6.45) is -4.54. The number of fused-ring (bicyclic) bond motifs is 1. The van der Waals surface area contributed by atoms with Crippen LogP contribution in [0.5, 0.6) is 5.75 Å². The lowest BCUT2D eigenvalue weighted by atomic mass is 10.2. The Morgan fingerprint density at radius 2 is 2.04 bits per heavy atom. The minimum Gasteiger partial charge on any atom is -0.492 e. The third-order valence-electron chi connectivity index (χ3n) is 4.41. The number of amides is 1. The first kappa shape index (κ1) is 19.2. The molecule has 1 N–H and O–H groups in total. The molecule has 0 fully saturated rings. The topological polar surface area (TPSA) is 72.3 Å². The first-order valence-corrected chi connectivity index (χ1v) is 8.57. The van der Waals surface area contributed by atoms with Crippen LogP contribution in [-0.4, -0.2) is 44.8 Å². The number of nitrogens with one attached hydrogen (secondary N) is 1. The molecule has 0 bridgehead atoms. The van der Waals surface area contributed by atoms with Crippen molar-refractivity contribution in [1.29, 1.82) is 0 Å². The molecule has 0 saturated carbocycles. The van der Waals surface area contributed by atoms with Crippen molar-refractivity contribution < 1.29 is 22.7 Å². The molecular formula is C17H20F3N5O2. The van der Waals surface area contributed by atoms with Gasteiger partial charge in [-0.05, 0) is 26.0 Å². The number of carbonyl (C=O) groups is 1. The van der Waals surface area contributed by atoms with Crippen molar-refractivity contribution >= 4 is 11.6 Å². The number of benzene rings is 1. The summed E-state index contributed by atoms with van der Waals surface area (Å²) in [7, 11) is 0. The molecule has 2 heterocycles. The summed E-state index contributed by atoms with van der Waals surface area (Å²) in [5.74, 6) is -0.511. The lowest BCUT2D eigenvalue weighted by molar-refractivity contribution is -0.148. The van der Waals surface area contributed by atoms with Crippen molar-refractivity contribution in [1.82, 2.24) is 19.7 Å². The van der Waals surface area contributed by atoms with Crippen LogP contribution in [0.1, 0.15) is 25.5 Å². The second kappa shape index (κ2) is 7.55. The molecule has 0 spiro atoms. The first-order valence-electron chi connectivity index (χ1n) is 8.57. The second-order valence-corrected chi connectivity index (χ2v) is 6.15. The molecular weight excluding hydrogens is 363 g/mol. The van der Waals surface area contributed by atoms with Gasteiger partial charge in [0.05, 0.1) is 24.9 Å². The van der Waals surface area contributed by atoms with Gasteiger partial charge in [-0.3, -0.25) is 9.69 Å². The van der Waals surface area contributed by atoms with Gasteiger partial charge in [0.1, 0.15) is 11.6 Å². The number of anilines is 1. The van der Waals surface area contributed by atoms with E-state index in [4.69, 9.17) is 4.74 Å². The molecule has 1 aromatic carbocycles. The number of hydrogen-bond acceptors (Lipinski definition) is 5. The number of nitrogens with zero attached hydrogens (tertiary/aromatic N) is 4. The summed E-state index contributed by atoms with van der Waals surface area (Å²) < 4.78 is 45.3. The van der Waals surface area contributed by atoms with Crippen LogP contribution >= 0.6 is 0 Å². The third kappa shape index (κ3) is 4.05. The summed E-state index contributed by atoms with van der Waals surface area (Å²) in [5.41, 5.74) is 0.552. The largest absolute Gasteiger partial charge is 0.492 e. The smallest absolute Gasteiger partial charge is 0.451 e. The molecule has 10 heteroatoms. The van der Waals surface area contributed by atoms with Crippen LogP contribution in [0.25, 0.3) is 0 Å². The van der Waals surface area contributed by atoms with E-state index in [0.717, 1.165) is 4.57 Å². The standard InChI is InChI=1S/C17H20F3N5O2/c1-3-27-13-7-5-4-6-12(13)21-15(26)11(2)24-8-9-25-14(10-24)22-23-16(25)17(18,19)20/h4-7,11H,3,8-10H2,1-2H3,(H,21,26). The highest BCUT2D eigenvalue weighted by molar-refractivity contribution is 5.95. The predicted octanol–water partition coefficient (Wildman–Crippen LogP) is 2.54. The zero-order chi connectivity index (χ0) is 19.6. The fourth-order valence-electron chi connectivity index (χ4n) is 2.97. The van der Waals surface area contributed by atoms with E-state index in [1.807, 2.05) is 6.92 Å². The molecule has 1 aromatic heterocycles. The molecule has 2 aromatic rings. The third-order valence-corrected chi connectivity index (χ3v) is 4.41. The minimum atomic E-state index is -4.54. The van der Waals surface area contributed by atoms with Gasteiger partial charge in [0, 0.05) is 13.1 Å². The van der Waals surface area contributed by atoms with Gasteiger partial charge in [0.15, 0.2) is 0 Å². The van der Waals surface area contributed by atoms with E-state index in [1.165, 1.54) is 0 Å². The zero-order valence-corrected chi connectivity index (χ0v) is 15.0. The quantitative estimate of drug-likeness (QED) is 0.859. The lowest BCUT2D eigenvalue weighted by Crippen LogP contribution is -2.46. The van der Waals surface area contributed by atoms with Crippen LogP contribution in [0.3, 0.4) is 0 Å². The van der Waals surface area contributed by atoms with Gasteiger partial charge in [-0.2, -0.15) is 13.2 Å². The average Bonchev–Trinajstić information content (AvgIpc) is 3.06. The fraction of sp³-hybridized carbons (Fsp3) is 0.471. The lowest BCUT2D eigenvalue weighted by Gasteiger charge is -2.32. The van der Waals surface area contributed by atoms with Crippen LogP contribution in [0.4, 0.5) is 18.9 Å². The van der Waals surface area contributed by atoms with Gasteiger partial charge in [-0.25, -0.2) is 0 Å². The second-order valence-electron chi connectivity index (χ2n) is 6.15. The zero-order valence-electron chi connectivity index (χ0n) is 15.0. The molecule has 0 saturated heterocycles. The van der Waals surface area contributed by atoms with Crippen LogP contribution < -0.4 is 10.1 Å². The van der Waals surface area contributed by atoms with Crippen LogP contribution in [-0.2, 0) is 24.1 Å². The van der Waals surface area contributed by atoms with E-state index in [0.29, 0.717) is 18.0 Å². The van der Waals surface area contributed by atoms with Crippen molar-refractivity contribution in [2.45, 2.75) is 39.2 Å². The Labute approximate surface area is 154 Å². The monoisotopic (exact) mass is 383 g/mol. The Bertz CT molecular complexity index is 821. The Hall–Kier alpha value is -2.62. The Kier molecular flexibility index (Phi) is 5.36. The maximum absolute atomic E-state index is 12.9. The molecule has 3 rings (SSSR count). The van der Waals surface area contributed by atoms with Gasteiger partial charge in [-0.15, -0.1) is 10.2 Å². The highest BCUT2D eigenvalue weighted by Crippen LogP contribution is 2.30. The van der Waals surface area contributed by atoms with E-state index in [2.05, 4.69) is 15.5 Å². The van der Waals surface area contributed by atoms with Crippen molar-refractivity contribution in [3.05, 3.63) is 35.9 Å². The molecule has 7 nitrogen and oxygen atoms in total. The fourth-order valence-corrected chi connectivity index (χ4v) is 2.97. The van der Waals surface area contributed by atoms with Gasteiger partial charge in [0.25, 0.3) is 0 Å². The molecule has 27 heavy (non-hydrogen) atoms. The molecule has 1 unspecified atom stereocenters. The van der Waals surface area contributed by atoms with Gasteiger partial charge >= 0.3 is 6.18 Å². The van der Waals surface area contributed by atoms with Crippen molar-refractivity contribution in [2.75, 3.05) is 18.5 Å². The van der Waals surface area contributed by atoms with E-state index in [1.54, 1.807) is 36.1 Å². The highest BCUT2D eigenvalue weighted by atomic mass is 19.4. The Morgan fingerprint density at radius 1 is 1.30 bits per heavy atom. The van der Waals surface area contributed by atoms with Crippen molar-refractivity contribution in [3.8, 4) is 5.75 Å². The van der Waals surface area contributed by atoms with Crippen molar-refractivity contribution in [3.63, 3.8) is 0 Å². The van der Waals surface area contributed by atoms with Gasteiger partial charge in [-0.1, -0.05) is 12.1 Å². The average molecular weight is 383 g/mol. The van der Waals surface area contributed by atoms with E-state index < -0.39 is 18.0 Å². The highest BCUT2D eigenvalue weighted by Gasteiger charge is 2.40. The predicted molar refractivity (Wildman–Crippen MR) is 91.1 cm³/mol. The maximum atomic E-state index is 12.9. The Balaban J connectivity index is 1.69. The normalized spacial score (nSPS) is 15.9. The number of ether oxygens (including phenoxy) is 1. The summed E-state index contributed by atoms with van der Waals surface area (Å²) in [4.78, 5) is 14.4. The van der Waals surface area contributed by atoms with Crippen LogP contribution in [0.15, 0.2) is 24.3 Å². The van der Waals surface area contributed by atoms with E-state index >= 15 is 0 Å². The molecule has 146 valence electrons. The minimum absolute atomic E-state index is 0.0737. The molecule has 0 radical (unpaired) electrons. The van der Waals surface area contributed by atoms with Crippen molar-refractivity contribution in [2.24, 2.45) is 0 Å². The number of carbonyl (C=O) groups excluding carboxylic acids is 1. The number of rotatable bonds is 5. The Morgan fingerprint density at radius 3 is 2.74 bits per heavy atom. The maximum Gasteiger partial charge on any atom is 0.451 e. The number of hydrogen-bond donors (Lipinski definition) is 1. The van der Waals surface area contributed by atoms with Crippen LogP contribution in [0, 0.1) is 0 Å². The molecule has 1 atom stereocenters. The number of halogens is 3.